The summed E-state index contributed by atoms with van der Waals surface area (Å²) < 4.78 is 5.41. The molecule has 1 amide bonds. The van der Waals surface area contributed by atoms with Crippen molar-refractivity contribution in [2.75, 3.05) is 14.2 Å². The van der Waals surface area contributed by atoms with Crippen LogP contribution in [0.4, 0.5) is 0 Å². The zero-order valence-electron chi connectivity index (χ0n) is 11.5. The number of methoxy groups -OCH3 is 1. The number of amides is 1. The fraction of sp³-hybridized carbons (Fsp3) is 0.462. The summed E-state index contributed by atoms with van der Waals surface area (Å²) in [5.74, 6) is 0.397. The van der Waals surface area contributed by atoms with E-state index in [9.17, 15) is 4.79 Å². The molecule has 0 spiro atoms. The average Bonchev–Trinajstić information content (AvgIpc) is 2.32. The molecule has 0 saturated heterocycles. The molecule has 5 heteroatoms. The minimum atomic E-state index is -0.758. The highest BCUT2D eigenvalue weighted by Crippen LogP contribution is 2.33. The Labute approximate surface area is 108 Å². The van der Waals surface area contributed by atoms with Crippen molar-refractivity contribution >= 4 is 5.91 Å². The minimum absolute atomic E-state index is 0.290. The van der Waals surface area contributed by atoms with Gasteiger partial charge in [-0.2, -0.15) is 0 Å². The SMILES string of the molecule is CNNC(=O)C(N)c1c(C)cc(C)c(C)c1OC. The van der Waals surface area contributed by atoms with Crippen LogP contribution >= 0.6 is 0 Å². The molecule has 1 rings (SSSR count). The third-order valence-corrected chi connectivity index (χ3v) is 3.08. The summed E-state index contributed by atoms with van der Waals surface area (Å²) in [7, 11) is 3.21. The molecule has 0 bridgehead atoms. The lowest BCUT2D eigenvalue weighted by Gasteiger charge is -2.20. The minimum Gasteiger partial charge on any atom is -0.496 e. The van der Waals surface area contributed by atoms with Gasteiger partial charge >= 0.3 is 0 Å². The summed E-state index contributed by atoms with van der Waals surface area (Å²) in [6, 6.07) is 1.26. The van der Waals surface area contributed by atoms with Gasteiger partial charge in [-0.3, -0.25) is 10.2 Å². The molecule has 1 unspecified atom stereocenters. The highest BCUT2D eigenvalue weighted by Gasteiger charge is 2.23. The normalized spacial score (nSPS) is 12.1. The Hall–Kier alpha value is -1.59. The number of hydrogen-bond donors (Lipinski definition) is 3. The van der Waals surface area contributed by atoms with E-state index in [0.717, 1.165) is 22.3 Å². The van der Waals surface area contributed by atoms with Gasteiger partial charge in [-0.15, -0.1) is 0 Å². The van der Waals surface area contributed by atoms with Gasteiger partial charge in [0.15, 0.2) is 0 Å². The summed E-state index contributed by atoms with van der Waals surface area (Å²) in [6.45, 7) is 5.89. The van der Waals surface area contributed by atoms with E-state index in [1.54, 1.807) is 14.2 Å². The molecular formula is C13H21N3O2. The Kier molecular flexibility index (Phi) is 4.69. The van der Waals surface area contributed by atoms with E-state index in [1.165, 1.54) is 0 Å². The molecular weight excluding hydrogens is 230 g/mol. The van der Waals surface area contributed by atoms with Crippen LogP contribution in [0.2, 0.25) is 0 Å². The number of nitrogens with one attached hydrogen (secondary N) is 2. The Morgan fingerprint density at radius 1 is 1.33 bits per heavy atom. The van der Waals surface area contributed by atoms with Crippen molar-refractivity contribution in [2.45, 2.75) is 26.8 Å². The summed E-state index contributed by atoms with van der Waals surface area (Å²) >= 11 is 0. The zero-order chi connectivity index (χ0) is 13.9. The van der Waals surface area contributed by atoms with Crippen molar-refractivity contribution in [2.24, 2.45) is 5.73 Å². The topological polar surface area (TPSA) is 76.4 Å². The zero-order valence-corrected chi connectivity index (χ0v) is 11.5. The lowest BCUT2D eigenvalue weighted by Crippen LogP contribution is -2.41. The predicted octanol–water partition coefficient (Wildman–Crippen LogP) is 0.871. The van der Waals surface area contributed by atoms with E-state index >= 15 is 0 Å². The standard InChI is InChI=1S/C13H21N3O2/c1-7-6-8(2)10(12(18-5)9(7)3)11(14)13(17)16-15-4/h6,11,15H,14H2,1-5H3,(H,16,17). The number of benzene rings is 1. The Morgan fingerprint density at radius 2 is 1.94 bits per heavy atom. The number of hydrogen-bond acceptors (Lipinski definition) is 4. The summed E-state index contributed by atoms with van der Waals surface area (Å²) in [5, 5.41) is 0. The number of aryl methyl sites for hydroxylation is 2. The van der Waals surface area contributed by atoms with E-state index in [4.69, 9.17) is 10.5 Å². The molecule has 100 valence electrons. The summed E-state index contributed by atoms with van der Waals surface area (Å²) in [6.07, 6.45) is 0. The van der Waals surface area contributed by atoms with Gasteiger partial charge in [-0.1, -0.05) is 6.07 Å². The first kappa shape index (κ1) is 14.5. The number of hydrazine groups is 1. The molecule has 0 fully saturated rings. The van der Waals surface area contributed by atoms with Crippen molar-refractivity contribution in [3.63, 3.8) is 0 Å². The van der Waals surface area contributed by atoms with Crippen LogP contribution < -0.4 is 21.3 Å². The van der Waals surface area contributed by atoms with Gasteiger partial charge in [-0.25, -0.2) is 5.43 Å². The Bertz CT molecular complexity index is 458. The number of rotatable bonds is 4. The van der Waals surface area contributed by atoms with Gasteiger partial charge in [0.05, 0.1) is 7.11 Å². The smallest absolute Gasteiger partial charge is 0.255 e. The number of nitrogens with two attached hydrogens (primary N) is 1. The summed E-state index contributed by atoms with van der Waals surface area (Å²) in [5.41, 5.74) is 14.9. The largest absolute Gasteiger partial charge is 0.496 e. The highest BCUT2D eigenvalue weighted by molar-refractivity contribution is 5.84. The lowest BCUT2D eigenvalue weighted by molar-refractivity contribution is -0.123. The third kappa shape index (κ3) is 2.63. The van der Waals surface area contributed by atoms with Crippen LogP contribution in [0.3, 0.4) is 0 Å². The highest BCUT2D eigenvalue weighted by atomic mass is 16.5. The molecule has 18 heavy (non-hydrogen) atoms. The molecule has 0 heterocycles. The van der Waals surface area contributed by atoms with Crippen LogP contribution in [0.15, 0.2) is 6.07 Å². The van der Waals surface area contributed by atoms with Crippen LogP contribution in [0.5, 0.6) is 5.75 Å². The van der Waals surface area contributed by atoms with Crippen LogP contribution in [-0.2, 0) is 4.79 Å². The maximum absolute atomic E-state index is 11.8. The average molecular weight is 251 g/mol. The van der Waals surface area contributed by atoms with E-state index in [2.05, 4.69) is 10.9 Å². The van der Waals surface area contributed by atoms with Crippen LogP contribution in [0, 0.1) is 20.8 Å². The molecule has 0 saturated carbocycles. The first-order valence-electron chi connectivity index (χ1n) is 5.80. The summed E-state index contributed by atoms with van der Waals surface area (Å²) in [4.78, 5) is 11.8. The predicted molar refractivity (Wildman–Crippen MR) is 71.3 cm³/mol. The first-order chi connectivity index (χ1) is 8.43. The number of carbonyl (C=O) groups is 1. The Morgan fingerprint density at radius 3 is 2.44 bits per heavy atom. The maximum Gasteiger partial charge on any atom is 0.255 e. The lowest BCUT2D eigenvalue weighted by atomic mass is 9.94. The Balaban J connectivity index is 3.31. The van der Waals surface area contributed by atoms with E-state index < -0.39 is 6.04 Å². The molecule has 4 N–H and O–H groups in total. The molecule has 0 radical (unpaired) electrons. The first-order valence-corrected chi connectivity index (χ1v) is 5.80. The second kappa shape index (κ2) is 5.84. The maximum atomic E-state index is 11.8. The monoisotopic (exact) mass is 251 g/mol. The van der Waals surface area contributed by atoms with Gasteiger partial charge in [-0.05, 0) is 37.5 Å². The van der Waals surface area contributed by atoms with Crippen molar-refractivity contribution in [1.82, 2.24) is 10.9 Å². The van der Waals surface area contributed by atoms with Crippen LogP contribution in [-0.4, -0.2) is 20.1 Å². The molecule has 0 aliphatic carbocycles. The quantitative estimate of drug-likeness (QED) is 0.694. The van der Waals surface area contributed by atoms with Gasteiger partial charge in [0.2, 0.25) is 0 Å². The van der Waals surface area contributed by atoms with Crippen molar-refractivity contribution in [1.29, 1.82) is 0 Å². The van der Waals surface area contributed by atoms with Crippen molar-refractivity contribution in [3.05, 3.63) is 28.3 Å². The molecule has 1 aromatic rings. The van der Waals surface area contributed by atoms with E-state index in [0.29, 0.717) is 5.75 Å². The van der Waals surface area contributed by atoms with Gasteiger partial charge in [0.1, 0.15) is 11.8 Å². The van der Waals surface area contributed by atoms with Crippen LogP contribution in [0.25, 0.3) is 0 Å². The van der Waals surface area contributed by atoms with E-state index in [1.807, 2.05) is 26.8 Å². The van der Waals surface area contributed by atoms with Crippen molar-refractivity contribution in [3.8, 4) is 5.75 Å². The van der Waals surface area contributed by atoms with Gasteiger partial charge in [0, 0.05) is 12.6 Å². The molecule has 5 nitrogen and oxygen atoms in total. The van der Waals surface area contributed by atoms with Gasteiger partial charge < -0.3 is 10.5 Å². The number of carbonyl (C=O) groups excluding carboxylic acids is 1. The fourth-order valence-electron chi connectivity index (χ4n) is 2.05. The second-order valence-corrected chi connectivity index (χ2v) is 4.30. The second-order valence-electron chi connectivity index (χ2n) is 4.30. The molecule has 0 aliphatic rings. The van der Waals surface area contributed by atoms with Crippen LogP contribution in [0.1, 0.15) is 28.3 Å². The molecule has 1 aromatic carbocycles. The molecule has 1 atom stereocenters. The molecule has 0 aromatic heterocycles. The number of ether oxygens (including phenoxy) is 1. The fourth-order valence-corrected chi connectivity index (χ4v) is 2.05. The van der Waals surface area contributed by atoms with E-state index in [-0.39, 0.29) is 5.91 Å². The van der Waals surface area contributed by atoms with Gasteiger partial charge in [0.25, 0.3) is 5.91 Å². The third-order valence-electron chi connectivity index (χ3n) is 3.08. The van der Waals surface area contributed by atoms with Crippen molar-refractivity contribution < 1.29 is 9.53 Å². The molecule has 0 aliphatic heterocycles.